The third kappa shape index (κ3) is 4.17. The molecule has 6 nitrogen and oxygen atoms in total. The number of amides is 2. The lowest BCUT2D eigenvalue weighted by Crippen LogP contribution is -2.49. The largest absolute Gasteiger partial charge is 0.381 e. The van der Waals surface area contributed by atoms with Crippen LogP contribution in [0, 0.1) is 5.92 Å². The summed E-state index contributed by atoms with van der Waals surface area (Å²) in [6, 6.07) is 0.102. The van der Waals surface area contributed by atoms with Gasteiger partial charge in [0.25, 0.3) is 0 Å². The van der Waals surface area contributed by atoms with Crippen molar-refractivity contribution in [2.24, 2.45) is 5.92 Å². The van der Waals surface area contributed by atoms with Crippen LogP contribution in [0.5, 0.6) is 0 Å². The predicted octanol–water partition coefficient (Wildman–Crippen LogP) is 1.73. The highest BCUT2D eigenvalue weighted by Gasteiger charge is 2.44. The molecule has 2 amide bonds. The first-order chi connectivity index (χ1) is 11.1. The average Bonchev–Trinajstić information content (AvgIpc) is 2.97. The number of rotatable bonds is 3. The van der Waals surface area contributed by atoms with Gasteiger partial charge in [-0.2, -0.15) is 0 Å². The van der Waals surface area contributed by atoms with Crippen molar-refractivity contribution in [3.05, 3.63) is 0 Å². The number of urea groups is 1. The molecule has 1 spiro atoms. The fraction of sp³-hybridized carbons (Fsp3) is 0.941. The lowest BCUT2D eigenvalue weighted by molar-refractivity contribution is -0.0419. The summed E-state index contributed by atoms with van der Waals surface area (Å²) >= 11 is 0. The summed E-state index contributed by atoms with van der Waals surface area (Å²) in [4.78, 5) is 15.6. The summed E-state index contributed by atoms with van der Waals surface area (Å²) < 4.78 is 17.6. The molecule has 0 N–H and O–H groups in total. The summed E-state index contributed by atoms with van der Waals surface area (Å²) in [7, 11) is 3.61. The van der Waals surface area contributed by atoms with E-state index in [0.717, 1.165) is 65.0 Å². The van der Waals surface area contributed by atoms with Crippen LogP contribution in [0.2, 0.25) is 0 Å². The number of nitrogens with zero attached hydrogens (tertiary/aromatic N) is 2. The molecule has 3 aliphatic heterocycles. The molecule has 0 radical (unpaired) electrons. The van der Waals surface area contributed by atoms with E-state index in [1.54, 1.807) is 19.0 Å². The van der Waals surface area contributed by atoms with Crippen molar-refractivity contribution in [1.29, 1.82) is 0 Å². The van der Waals surface area contributed by atoms with Crippen molar-refractivity contribution in [3.8, 4) is 0 Å². The minimum atomic E-state index is -0.0660. The second-order valence-electron chi connectivity index (χ2n) is 7.37. The Morgan fingerprint density at radius 3 is 2.61 bits per heavy atom. The minimum Gasteiger partial charge on any atom is -0.381 e. The van der Waals surface area contributed by atoms with Gasteiger partial charge >= 0.3 is 6.03 Å². The van der Waals surface area contributed by atoms with Gasteiger partial charge in [0, 0.05) is 46.8 Å². The second kappa shape index (κ2) is 7.36. The summed E-state index contributed by atoms with van der Waals surface area (Å²) in [5.74, 6) is 0.639. The predicted molar refractivity (Wildman–Crippen MR) is 86.5 cm³/mol. The molecule has 0 aliphatic carbocycles. The Balaban J connectivity index is 1.42. The molecule has 1 atom stereocenters. The Bertz CT molecular complexity index is 401. The smallest absolute Gasteiger partial charge is 0.319 e. The maximum Gasteiger partial charge on any atom is 0.319 e. The van der Waals surface area contributed by atoms with Gasteiger partial charge in [0.05, 0.1) is 24.9 Å². The highest BCUT2D eigenvalue weighted by molar-refractivity contribution is 5.73. The number of carbonyl (C=O) groups excluding carboxylic acids is 1. The van der Waals surface area contributed by atoms with Gasteiger partial charge in [-0.3, -0.25) is 0 Å². The third-order valence-corrected chi connectivity index (χ3v) is 5.41. The third-order valence-electron chi connectivity index (χ3n) is 5.41. The quantitative estimate of drug-likeness (QED) is 0.793. The molecule has 0 aromatic heterocycles. The van der Waals surface area contributed by atoms with E-state index in [4.69, 9.17) is 14.2 Å². The first kappa shape index (κ1) is 17.0. The van der Waals surface area contributed by atoms with Crippen LogP contribution in [-0.4, -0.2) is 81.1 Å². The second-order valence-corrected chi connectivity index (χ2v) is 7.37. The van der Waals surface area contributed by atoms with Crippen LogP contribution in [0.4, 0.5) is 4.79 Å². The molecular formula is C17H30N2O4. The molecule has 3 saturated heterocycles. The monoisotopic (exact) mass is 326 g/mol. The normalized spacial score (nSPS) is 28.3. The molecule has 132 valence electrons. The first-order valence-electron chi connectivity index (χ1n) is 8.87. The van der Waals surface area contributed by atoms with Crippen molar-refractivity contribution in [2.45, 2.75) is 43.8 Å². The van der Waals surface area contributed by atoms with Crippen molar-refractivity contribution in [1.82, 2.24) is 9.80 Å². The number of piperidine rings is 1. The summed E-state index contributed by atoms with van der Waals surface area (Å²) in [5.41, 5.74) is -0.0660. The van der Waals surface area contributed by atoms with Gasteiger partial charge in [-0.15, -0.1) is 0 Å². The number of likely N-dealkylation sites (tertiary alicyclic amines) is 1. The molecule has 0 aromatic rings. The van der Waals surface area contributed by atoms with Crippen LogP contribution in [-0.2, 0) is 14.2 Å². The zero-order valence-corrected chi connectivity index (χ0v) is 14.5. The lowest BCUT2D eigenvalue weighted by atomic mass is 9.88. The summed E-state index contributed by atoms with van der Waals surface area (Å²) in [6.07, 6.45) is 5.25. The maximum atomic E-state index is 12.0. The Hall–Kier alpha value is -0.850. The molecule has 6 heteroatoms. The van der Waals surface area contributed by atoms with Crippen molar-refractivity contribution in [2.75, 3.05) is 53.6 Å². The zero-order chi connectivity index (χ0) is 16.3. The number of ether oxygens (including phenoxy) is 3. The van der Waals surface area contributed by atoms with Gasteiger partial charge < -0.3 is 24.0 Å². The van der Waals surface area contributed by atoms with E-state index in [1.807, 2.05) is 4.90 Å². The highest BCUT2D eigenvalue weighted by atomic mass is 16.6. The van der Waals surface area contributed by atoms with E-state index in [0.29, 0.717) is 12.5 Å². The standard InChI is InChI=1S/C17H30N2O4/c1-18(2)16(20)19-7-5-17(6-8-19)11-15(13-23-17)22-12-14-3-9-21-10-4-14/h14-15H,3-13H2,1-2H3/t15-/m1/s1. The van der Waals surface area contributed by atoms with Crippen molar-refractivity contribution < 1.29 is 19.0 Å². The highest BCUT2D eigenvalue weighted by Crippen LogP contribution is 2.37. The van der Waals surface area contributed by atoms with Crippen LogP contribution in [0.15, 0.2) is 0 Å². The molecule has 0 saturated carbocycles. The van der Waals surface area contributed by atoms with E-state index in [2.05, 4.69) is 0 Å². The van der Waals surface area contributed by atoms with E-state index in [1.165, 1.54) is 0 Å². The molecule has 3 fully saturated rings. The van der Waals surface area contributed by atoms with Gasteiger partial charge in [-0.05, 0) is 31.6 Å². The van der Waals surface area contributed by atoms with Crippen LogP contribution in [0.25, 0.3) is 0 Å². The molecule has 3 rings (SSSR count). The van der Waals surface area contributed by atoms with Crippen LogP contribution >= 0.6 is 0 Å². The fourth-order valence-corrected chi connectivity index (χ4v) is 3.83. The fourth-order valence-electron chi connectivity index (χ4n) is 3.83. The van der Waals surface area contributed by atoms with Crippen molar-refractivity contribution >= 4 is 6.03 Å². The lowest BCUT2D eigenvalue weighted by Gasteiger charge is -2.39. The number of hydrogen-bond acceptors (Lipinski definition) is 4. The number of carbonyl (C=O) groups is 1. The van der Waals surface area contributed by atoms with Gasteiger partial charge in [-0.25, -0.2) is 4.79 Å². The molecule has 0 bridgehead atoms. The number of hydrogen-bond donors (Lipinski definition) is 0. The molecule has 3 heterocycles. The Morgan fingerprint density at radius 1 is 1.26 bits per heavy atom. The van der Waals surface area contributed by atoms with E-state index < -0.39 is 0 Å². The molecule has 0 aromatic carbocycles. The molecule has 0 unspecified atom stereocenters. The zero-order valence-electron chi connectivity index (χ0n) is 14.5. The SMILES string of the molecule is CN(C)C(=O)N1CCC2(CC1)C[C@@H](OCC1CCOCC1)CO2. The van der Waals surface area contributed by atoms with Gasteiger partial charge in [0.15, 0.2) is 0 Å². The summed E-state index contributed by atoms with van der Waals surface area (Å²) in [5, 5.41) is 0. The maximum absolute atomic E-state index is 12.0. The topological polar surface area (TPSA) is 51.2 Å². The van der Waals surface area contributed by atoms with Crippen LogP contribution in [0.3, 0.4) is 0 Å². The van der Waals surface area contributed by atoms with E-state index in [9.17, 15) is 4.79 Å². The Kier molecular flexibility index (Phi) is 5.44. The van der Waals surface area contributed by atoms with Gasteiger partial charge in [0.2, 0.25) is 0 Å². The van der Waals surface area contributed by atoms with E-state index >= 15 is 0 Å². The Labute approximate surface area is 139 Å². The first-order valence-corrected chi connectivity index (χ1v) is 8.87. The van der Waals surface area contributed by atoms with Crippen LogP contribution in [0.1, 0.15) is 32.1 Å². The van der Waals surface area contributed by atoms with Crippen molar-refractivity contribution in [3.63, 3.8) is 0 Å². The average molecular weight is 326 g/mol. The van der Waals surface area contributed by atoms with E-state index in [-0.39, 0.29) is 17.7 Å². The Morgan fingerprint density at radius 2 is 1.96 bits per heavy atom. The van der Waals surface area contributed by atoms with Gasteiger partial charge in [-0.1, -0.05) is 0 Å². The van der Waals surface area contributed by atoms with Gasteiger partial charge in [0.1, 0.15) is 0 Å². The molecule has 23 heavy (non-hydrogen) atoms. The minimum absolute atomic E-state index is 0.0660. The van der Waals surface area contributed by atoms with Crippen LogP contribution < -0.4 is 0 Å². The summed E-state index contributed by atoms with van der Waals surface area (Å²) in [6.45, 7) is 4.83. The molecular weight excluding hydrogens is 296 g/mol. The molecule has 3 aliphatic rings.